The first-order valence-electron chi connectivity index (χ1n) is 3.74. The fourth-order valence-electron chi connectivity index (χ4n) is 1.21. The van der Waals surface area contributed by atoms with Crippen LogP contribution in [0.4, 0.5) is 5.82 Å². The molecule has 13 heavy (non-hydrogen) atoms. The van der Waals surface area contributed by atoms with Gasteiger partial charge in [-0.25, -0.2) is 9.78 Å². The molecule has 2 aromatic rings. The molecule has 4 heteroatoms. The lowest BCUT2D eigenvalue weighted by atomic mass is 10.3. The van der Waals surface area contributed by atoms with Gasteiger partial charge in [0, 0.05) is 21.2 Å². The molecule has 0 bridgehead atoms. The van der Waals surface area contributed by atoms with Crippen molar-refractivity contribution in [1.29, 1.82) is 0 Å². The number of pyridine rings is 1. The van der Waals surface area contributed by atoms with E-state index in [1.54, 1.807) is 17.5 Å². The summed E-state index contributed by atoms with van der Waals surface area (Å²) in [4.78, 5) is 18.8. The molecule has 0 saturated carbocycles. The standard InChI is InChI=1S/C9H6N2OS/c1-6-4-7-8(13-6)2-3-10-9(7)11-5-12/h2-4H,1H3. The summed E-state index contributed by atoms with van der Waals surface area (Å²) in [7, 11) is 0. The van der Waals surface area contributed by atoms with Gasteiger partial charge in [-0.2, -0.15) is 0 Å². The van der Waals surface area contributed by atoms with Gasteiger partial charge >= 0.3 is 0 Å². The van der Waals surface area contributed by atoms with Gasteiger partial charge in [0.1, 0.15) is 0 Å². The number of rotatable bonds is 1. The van der Waals surface area contributed by atoms with Gasteiger partial charge in [0.2, 0.25) is 6.08 Å². The molecule has 0 saturated heterocycles. The van der Waals surface area contributed by atoms with E-state index in [0.717, 1.165) is 10.1 Å². The van der Waals surface area contributed by atoms with Crippen molar-refractivity contribution in [2.24, 2.45) is 4.99 Å². The van der Waals surface area contributed by atoms with Gasteiger partial charge in [0.25, 0.3) is 0 Å². The third kappa shape index (κ3) is 1.37. The molecular formula is C9H6N2OS. The first kappa shape index (κ1) is 8.10. The van der Waals surface area contributed by atoms with E-state index in [0.29, 0.717) is 5.82 Å². The molecule has 0 aromatic carbocycles. The molecule has 0 atom stereocenters. The summed E-state index contributed by atoms with van der Waals surface area (Å²) in [5, 5.41) is 0.924. The van der Waals surface area contributed by atoms with E-state index >= 15 is 0 Å². The number of thiophene rings is 1. The number of carbonyl (C=O) groups excluding carboxylic acids is 1. The van der Waals surface area contributed by atoms with Crippen molar-refractivity contribution in [2.45, 2.75) is 6.92 Å². The van der Waals surface area contributed by atoms with E-state index in [4.69, 9.17) is 0 Å². The van der Waals surface area contributed by atoms with E-state index in [1.807, 2.05) is 19.1 Å². The lowest BCUT2D eigenvalue weighted by Crippen LogP contribution is -1.72. The fraction of sp³-hybridized carbons (Fsp3) is 0.111. The molecule has 2 rings (SSSR count). The van der Waals surface area contributed by atoms with Crippen molar-refractivity contribution in [3.8, 4) is 0 Å². The lowest BCUT2D eigenvalue weighted by Gasteiger charge is -1.90. The van der Waals surface area contributed by atoms with Gasteiger partial charge in [-0.3, -0.25) is 0 Å². The molecule has 0 radical (unpaired) electrons. The normalized spacial score (nSPS) is 9.92. The third-order valence-electron chi connectivity index (χ3n) is 1.70. The predicted octanol–water partition coefficient (Wildman–Crippen LogP) is 2.57. The highest BCUT2D eigenvalue weighted by Crippen LogP contribution is 2.30. The molecular weight excluding hydrogens is 184 g/mol. The van der Waals surface area contributed by atoms with Crippen molar-refractivity contribution in [3.05, 3.63) is 23.2 Å². The lowest BCUT2D eigenvalue weighted by molar-refractivity contribution is 0.565. The van der Waals surface area contributed by atoms with Gasteiger partial charge in [0.05, 0.1) is 0 Å². The summed E-state index contributed by atoms with van der Waals surface area (Å²) in [6, 6.07) is 3.89. The molecule has 2 aromatic heterocycles. The highest BCUT2D eigenvalue weighted by Gasteiger charge is 2.03. The Kier molecular flexibility index (Phi) is 1.93. The van der Waals surface area contributed by atoms with Crippen molar-refractivity contribution >= 4 is 33.3 Å². The Hall–Kier alpha value is -1.51. The van der Waals surface area contributed by atoms with E-state index < -0.39 is 0 Å². The highest BCUT2D eigenvalue weighted by atomic mass is 32.1. The number of aryl methyl sites for hydroxylation is 1. The Morgan fingerprint density at radius 1 is 1.62 bits per heavy atom. The molecule has 0 N–H and O–H groups in total. The Bertz CT molecular complexity index is 497. The number of isocyanates is 1. The maximum Gasteiger partial charge on any atom is 0.242 e. The number of aliphatic imine (C=N–C) groups is 1. The Morgan fingerprint density at radius 2 is 2.46 bits per heavy atom. The van der Waals surface area contributed by atoms with E-state index in [1.165, 1.54) is 11.0 Å². The number of aromatic nitrogens is 1. The van der Waals surface area contributed by atoms with Crippen molar-refractivity contribution in [2.75, 3.05) is 0 Å². The van der Waals surface area contributed by atoms with Gasteiger partial charge in [-0.05, 0) is 19.1 Å². The van der Waals surface area contributed by atoms with Crippen LogP contribution in [0.15, 0.2) is 23.3 Å². The van der Waals surface area contributed by atoms with E-state index in [9.17, 15) is 4.79 Å². The fourth-order valence-corrected chi connectivity index (χ4v) is 2.12. The summed E-state index contributed by atoms with van der Waals surface area (Å²) in [6.45, 7) is 2.01. The van der Waals surface area contributed by atoms with Crippen LogP contribution in [-0.2, 0) is 4.79 Å². The molecule has 0 aliphatic heterocycles. The SMILES string of the molecule is Cc1cc2c(N=C=O)nccc2s1. The van der Waals surface area contributed by atoms with Crippen LogP contribution in [-0.4, -0.2) is 11.1 Å². The van der Waals surface area contributed by atoms with Crippen LogP contribution in [0.1, 0.15) is 4.88 Å². The first-order chi connectivity index (χ1) is 6.31. The van der Waals surface area contributed by atoms with Crippen LogP contribution in [0.5, 0.6) is 0 Å². The summed E-state index contributed by atoms with van der Waals surface area (Å²) in [5.41, 5.74) is 0. The molecule has 0 spiro atoms. The van der Waals surface area contributed by atoms with Gasteiger partial charge < -0.3 is 0 Å². The second-order valence-electron chi connectivity index (χ2n) is 2.61. The first-order valence-corrected chi connectivity index (χ1v) is 4.56. The topological polar surface area (TPSA) is 42.3 Å². The van der Waals surface area contributed by atoms with Crippen molar-refractivity contribution < 1.29 is 4.79 Å². The number of nitrogens with zero attached hydrogens (tertiary/aromatic N) is 2. The van der Waals surface area contributed by atoms with Gasteiger partial charge in [-0.15, -0.1) is 16.3 Å². The third-order valence-corrected chi connectivity index (χ3v) is 2.71. The summed E-state index contributed by atoms with van der Waals surface area (Å²) in [5.74, 6) is 0.455. The number of fused-ring (bicyclic) bond motifs is 1. The minimum Gasteiger partial charge on any atom is -0.236 e. The van der Waals surface area contributed by atoms with Crippen molar-refractivity contribution in [3.63, 3.8) is 0 Å². The van der Waals surface area contributed by atoms with Crippen LogP contribution < -0.4 is 0 Å². The molecule has 0 unspecified atom stereocenters. The average molecular weight is 190 g/mol. The molecule has 0 aliphatic rings. The van der Waals surface area contributed by atoms with Crippen LogP contribution in [0, 0.1) is 6.92 Å². The highest BCUT2D eigenvalue weighted by molar-refractivity contribution is 7.19. The average Bonchev–Trinajstić information content (AvgIpc) is 2.47. The zero-order chi connectivity index (χ0) is 9.26. The molecule has 2 heterocycles. The Morgan fingerprint density at radius 3 is 3.23 bits per heavy atom. The Balaban J connectivity index is 2.81. The second-order valence-corrected chi connectivity index (χ2v) is 3.89. The predicted molar refractivity (Wildman–Crippen MR) is 52.1 cm³/mol. The number of hydrogen-bond donors (Lipinski definition) is 0. The van der Waals surface area contributed by atoms with E-state index in [2.05, 4.69) is 9.98 Å². The molecule has 3 nitrogen and oxygen atoms in total. The maximum absolute atomic E-state index is 10.1. The van der Waals surface area contributed by atoms with Crippen molar-refractivity contribution in [1.82, 2.24) is 4.98 Å². The van der Waals surface area contributed by atoms with Crippen LogP contribution >= 0.6 is 11.3 Å². The summed E-state index contributed by atoms with van der Waals surface area (Å²) in [6.07, 6.45) is 3.15. The summed E-state index contributed by atoms with van der Waals surface area (Å²) < 4.78 is 1.10. The quantitative estimate of drug-likeness (QED) is 0.512. The smallest absolute Gasteiger partial charge is 0.236 e. The van der Waals surface area contributed by atoms with Crippen LogP contribution in [0.2, 0.25) is 0 Å². The van der Waals surface area contributed by atoms with Gasteiger partial charge in [-0.1, -0.05) is 0 Å². The van der Waals surface area contributed by atoms with E-state index in [-0.39, 0.29) is 0 Å². The van der Waals surface area contributed by atoms with Crippen LogP contribution in [0.25, 0.3) is 10.1 Å². The van der Waals surface area contributed by atoms with Gasteiger partial charge in [0.15, 0.2) is 5.82 Å². The summed E-state index contributed by atoms with van der Waals surface area (Å²) >= 11 is 1.66. The zero-order valence-electron chi connectivity index (χ0n) is 6.94. The Labute approximate surface area is 78.8 Å². The molecule has 64 valence electrons. The maximum atomic E-state index is 10.1. The monoisotopic (exact) mass is 190 g/mol. The number of hydrogen-bond acceptors (Lipinski definition) is 4. The second kappa shape index (κ2) is 3.09. The van der Waals surface area contributed by atoms with Crippen LogP contribution in [0.3, 0.4) is 0 Å². The molecule has 0 aliphatic carbocycles. The molecule has 0 amide bonds. The molecule has 0 fully saturated rings. The largest absolute Gasteiger partial charge is 0.242 e. The minimum atomic E-state index is 0.455. The zero-order valence-corrected chi connectivity index (χ0v) is 7.76. The minimum absolute atomic E-state index is 0.455.